The Morgan fingerprint density at radius 3 is 2.60 bits per heavy atom. The van der Waals surface area contributed by atoms with Crippen LogP contribution in [0.25, 0.3) is 0 Å². The molecule has 0 aromatic heterocycles. The summed E-state index contributed by atoms with van der Waals surface area (Å²) in [4.78, 5) is 0. The van der Waals surface area contributed by atoms with Crippen LogP contribution >= 0.6 is 34.8 Å². The average Bonchev–Trinajstić information content (AvgIpc) is 3.03. The maximum atomic E-state index is 6.61. The van der Waals surface area contributed by atoms with Crippen molar-refractivity contribution in [3.63, 3.8) is 0 Å². The lowest BCUT2D eigenvalue weighted by atomic mass is 9.84. The van der Waals surface area contributed by atoms with Crippen molar-refractivity contribution in [2.75, 3.05) is 7.11 Å². The predicted octanol–water partition coefficient (Wildman–Crippen LogP) is 6.11. The van der Waals surface area contributed by atoms with Gasteiger partial charge in [0.25, 0.3) is 0 Å². The third-order valence-corrected chi connectivity index (χ3v) is 6.04. The van der Waals surface area contributed by atoms with Crippen molar-refractivity contribution in [3.05, 3.63) is 27.7 Å². The van der Waals surface area contributed by atoms with Crippen molar-refractivity contribution in [1.82, 2.24) is 0 Å². The molecule has 4 unspecified atom stereocenters. The van der Waals surface area contributed by atoms with Gasteiger partial charge in [0.1, 0.15) is 5.75 Å². The maximum Gasteiger partial charge on any atom is 0.138 e. The minimum Gasteiger partial charge on any atom is -0.495 e. The van der Waals surface area contributed by atoms with Gasteiger partial charge in [0, 0.05) is 11.1 Å². The minimum atomic E-state index is -0.0599. The lowest BCUT2D eigenvalue weighted by molar-refractivity contribution is 0.312. The average molecular weight is 334 g/mol. The van der Waals surface area contributed by atoms with Gasteiger partial charge in [-0.05, 0) is 55.1 Å². The van der Waals surface area contributed by atoms with Gasteiger partial charge < -0.3 is 4.74 Å². The van der Waals surface area contributed by atoms with E-state index in [0.717, 1.165) is 29.7 Å². The van der Waals surface area contributed by atoms with Crippen LogP contribution in [0.2, 0.25) is 10.0 Å². The number of ether oxygens (including phenoxy) is 1. The highest BCUT2D eigenvalue weighted by molar-refractivity contribution is 6.35. The Kier molecular flexibility index (Phi) is 4.40. The van der Waals surface area contributed by atoms with Crippen LogP contribution in [0.15, 0.2) is 12.1 Å². The summed E-state index contributed by atoms with van der Waals surface area (Å²) in [6.07, 6.45) is 6.56. The van der Waals surface area contributed by atoms with Gasteiger partial charge in [0.15, 0.2) is 0 Å². The summed E-state index contributed by atoms with van der Waals surface area (Å²) in [5.41, 5.74) is 0.932. The first kappa shape index (κ1) is 14.8. The van der Waals surface area contributed by atoms with Crippen LogP contribution in [-0.4, -0.2) is 7.11 Å². The van der Waals surface area contributed by atoms with Crippen LogP contribution < -0.4 is 4.74 Å². The molecular formula is C16H19Cl3O. The quantitative estimate of drug-likeness (QED) is 0.604. The van der Waals surface area contributed by atoms with Crippen LogP contribution in [0.3, 0.4) is 0 Å². The topological polar surface area (TPSA) is 9.23 Å². The molecule has 2 fully saturated rings. The normalized spacial score (nSPS) is 29.7. The molecule has 3 rings (SSSR count). The lowest BCUT2D eigenvalue weighted by Crippen LogP contribution is -2.12. The third kappa shape index (κ3) is 2.77. The summed E-state index contributed by atoms with van der Waals surface area (Å²) in [7, 11) is 1.59. The van der Waals surface area contributed by atoms with Gasteiger partial charge >= 0.3 is 0 Å². The largest absolute Gasteiger partial charge is 0.495 e. The Morgan fingerprint density at radius 1 is 1.20 bits per heavy atom. The van der Waals surface area contributed by atoms with Crippen molar-refractivity contribution in [1.29, 1.82) is 0 Å². The Bertz CT molecular complexity index is 503. The molecule has 0 radical (unpaired) electrons. The zero-order chi connectivity index (χ0) is 14.3. The summed E-state index contributed by atoms with van der Waals surface area (Å²) < 4.78 is 5.17. The fourth-order valence-corrected chi connectivity index (χ4v) is 5.00. The smallest absolute Gasteiger partial charge is 0.138 e. The number of methoxy groups -OCH3 is 1. The standard InChI is InChI=1S/C16H19Cl3O/c1-20-16-8-14(18)12(7-15(16)19)13(17)6-11-5-9-2-3-10(11)4-9/h7-11,13H,2-6H2,1H3. The highest BCUT2D eigenvalue weighted by atomic mass is 35.5. The molecule has 0 aliphatic heterocycles. The van der Waals surface area contributed by atoms with E-state index in [1.807, 2.05) is 6.07 Å². The fourth-order valence-electron chi connectivity index (χ4n) is 4.00. The second kappa shape index (κ2) is 5.94. The first-order valence-electron chi connectivity index (χ1n) is 7.25. The zero-order valence-electron chi connectivity index (χ0n) is 11.5. The Morgan fingerprint density at radius 2 is 2.00 bits per heavy atom. The number of fused-ring (bicyclic) bond motifs is 2. The van der Waals surface area contributed by atoms with Gasteiger partial charge in [0.2, 0.25) is 0 Å². The van der Waals surface area contributed by atoms with Crippen molar-refractivity contribution >= 4 is 34.8 Å². The minimum absolute atomic E-state index is 0.0599. The summed E-state index contributed by atoms with van der Waals surface area (Å²) in [5.74, 6) is 3.19. The molecule has 0 saturated heterocycles. The Balaban J connectivity index is 1.74. The maximum absolute atomic E-state index is 6.61. The van der Waals surface area contributed by atoms with E-state index in [9.17, 15) is 0 Å². The van der Waals surface area contributed by atoms with Crippen molar-refractivity contribution in [2.45, 2.75) is 37.5 Å². The molecule has 1 aromatic rings. The highest BCUT2D eigenvalue weighted by Gasteiger charge is 2.40. The van der Waals surface area contributed by atoms with E-state index < -0.39 is 0 Å². The molecule has 4 heteroatoms. The number of halogens is 3. The van der Waals surface area contributed by atoms with E-state index in [1.165, 1.54) is 25.7 Å². The van der Waals surface area contributed by atoms with E-state index in [1.54, 1.807) is 13.2 Å². The monoisotopic (exact) mass is 332 g/mol. The molecule has 0 amide bonds. The van der Waals surface area contributed by atoms with Crippen LogP contribution in [0.1, 0.15) is 43.0 Å². The summed E-state index contributed by atoms with van der Waals surface area (Å²) in [5, 5.41) is 1.16. The molecule has 1 aromatic carbocycles. The van der Waals surface area contributed by atoms with E-state index in [0.29, 0.717) is 15.8 Å². The highest BCUT2D eigenvalue weighted by Crippen LogP contribution is 2.52. The molecule has 4 atom stereocenters. The van der Waals surface area contributed by atoms with Gasteiger partial charge in [0.05, 0.1) is 17.5 Å². The zero-order valence-corrected chi connectivity index (χ0v) is 13.8. The molecule has 110 valence electrons. The molecule has 2 bridgehead atoms. The third-order valence-electron chi connectivity index (χ3n) is 5.00. The molecule has 20 heavy (non-hydrogen) atoms. The number of benzene rings is 1. The summed E-state index contributed by atoms with van der Waals surface area (Å²) >= 11 is 19.1. The second-order valence-electron chi connectivity index (χ2n) is 6.15. The van der Waals surface area contributed by atoms with Crippen LogP contribution in [0, 0.1) is 17.8 Å². The van der Waals surface area contributed by atoms with Crippen LogP contribution in [0.5, 0.6) is 5.75 Å². The SMILES string of the molecule is COc1cc(Cl)c(C(Cl)CC2CC3CCC2C3)cc1Cl. The first-order valence-corrected chi connectivity index (χ1v) is 8.44. The second-order valence-corrected chi connectivity index (χ2v) is 7.49. The molecular weight excluding hydrogens is 315 g/mol. The summed E-state index contributed by atoms with van der Waals surface area (Å²) in [6.45, 7) is 0. The van der Waals surface area contributed by atoms with Gasteiger partial charge in [-0.25, -0.2) is 0 Å². The first-order chi connectivity index (χ1) is 9.58. The number of hydrogen-bond donors (Lipinski definition) is 0. The Hall–Kier alpha value is -0.110. The predicted molar refractivity (Wildman–Crippen MR) is 85.2 cm³/mol. The van der Waals surface area contributed by atoms with Crippen LogP contribution in [0.4, 0.5) is 0 Å². The van der Waals surface area contributed by atoms with Crippen LogP contribution in [-0.2, 0) is 0 Å². The lowest BCUT2D eigenvalue weighted by Gasteiger charge is -2.24. The van der Waals surface area contributed by atoms with E-state index in [2.05, 4.69) is 0 Å². The number of alkyl halides is 1. The van der Waals surface area contributed by atoms with Crippen molar-refractivity contribution in [3.8, 4) is 5.75 Å². The molecule has 0 N–H and O–H groups in total. The fraction of sp³-hybridized carbons (Fsp3) is 0.625. The van der Waals surface area contributed by atoms with Crippen molar-refractivity contribution < 1.29 is 4.74 Å². The molecule has 2 saturated carbocycles. The number of rotatable bonds is 4. The van der Waals surface area contributed by atoms with Gasteiger partial charge in [-0.3, -0.25) is 0 Å². The molecule has 2 aliphatic carbocycles. The molecule has 0 spiro atoms. The molecule has 2 aliphatic rings. The summed E-state index contributed by atoms with van der Waals surface area (Å²) in [6, 6.07) is 3.61. The van der Waals surface area contributed by atoms with E-state index in [-0.39, 0.29) is 5.38 Å². The van der Waals surface area contributed by atoms with E-state index >= 15 is 0 Å². The molecule has 0 heterocycles. The van der Waals surface area contributed by atoms with Crippen molar-refractivity contribution in [2.24, 2.45) is 17.8 Å². The van der Waals surface area contributed by atoms with Gasteiger partial charge in [-0.2, -0.15) is 0 Å². The van der Waals surface area contributed by atoms with Gasteiger partial charge in [-0.1, -0.05) is 29.6 Å². The Labute approximate surface area is 135 Å². The van der Waals surface area contributed by atoms with Gasteiger partial charge in [-0.15, -0.1) is 11.6 Å². The number of hydrogen-bond acceptors (Lipinski definition) is 1. The molecule has 1 nitrogen and oxygen atoms in total. The van der Waals surface area contributed by atoms with E-state index in [4.69, 9.17) is 39.5 Å².